The fraction of sp³-hybridized carbons (Fsp3) is 0.280. The lowest BCUT2D eigenvalue weighted by Gasteiger charge is -2.12. The Balaban J connectivity index is 1.42. The fourth-order valence-electron chi connectivity index (χ4n) is 2.84. The van der Waals surface area contributed by atoms with Gasteiger partial charge in [-0.25, -0.2) is 0 Å². The number of rotatable bonds is 13. The van der Waals surface area contributed by atoms with E-state index < -0.39 is 0 Å². The zero-order valence-electron chi connectivity index (χ0n) is 17.4. The Kier molecular flexibility index (Phi) is 8.90. The van der Waals surface area contributed by atoms with Gasteiger partial charge in [0, 0.05) is 24.9 Å². The summed E-state index contributed by atoms with van der Waals surface area (Å²) in [6.45, 7) is 5.51. The quantitative estimate of drug-likeness (QED) is 0.396. The molecule has 0 aliphatic carbocycles. The molecule has 0 unspecified atom stereocenters. The first kappa shape index (κ1) is 21.5. The van der Waals surface area contributed by atoms with E-state index in [1.54, 1.807) is 0 Å². The van der Waals surface area contributed by atoms with Crippen LogP contribution in [0.1, 0.15) is 12.5 Å². The Morgan fingerprint density at radius 3 is 2.03 bits per heavy atom. The molecule has 0 saturated heterocycles. The van der Waals surface area contributed by atoms with Crippen LogP contribution in [-0.2, 0) is 11.3 Å². The normalized spacial score (nSPS) is 10.4. The summed E-state index contributed by atoms with van der Waals surface area (Å²) in [5.74, 6) is 2.51. The number of nitrogens with one attached hydrogen (secondary N) is 1. The van der Waals surface area contributed by atoms with Gasteiger partial charge in [0.2, 0.25) is 0 Å². The Morgan fingerprint density at radius 1 is 0.633 bits per heavy atom. The zero-order valence-corrected chi connectivity index (χ0v) is 17.4. The van der Waals surface area contributed by atoms with Crippen molar-refractivity contribution in [1.82, 2.24) is 0 Å². The van der Waals surface area contributed by atoms with Crippen LogP contribution in [0.25, 0.3) is 0 Å². The first-order valence-corrected chi connectivity index (χ1v) is 10.3. The van der Waals surface area contributed by atoms with E-state index in [1.165, 1.54) is 0 Å². The topological polar surface area (TPSA) is 49.0 Å². The van der Waals surface area contributed by atoms with Crippen molar-refractivity contribution in [3.05, 3.63) is 84.4 Å². The molecule has 5 nitrogen and oxygen atoms in total. The third-order valence-corrected chi connectivity index (χ3v) is 4.29. The fourth-order valence-corrected chi connectivity index (χ4v) is 2.84. The second-order valence-electron chi connectivity index (χ2n) is 6.58. The lowest BCUT2D eigenvalue weighted by molar-refractivity contribution is 0.110. The first-order chi connectivity index (χ1) is 14.8. The second kappa shape index (κ2) is 12.4. The molecule has 5 heteroatoms. The summed E-state index contributed by atoms with van der Waals surface area (Å²) < 4.78 is 22.5. The van der Waals surface area contributed by atoms with E-state index in [9.17, 15) is 0 Å². The number of para-hydroxylation sites is 1. The number of hydrogen-bond donors (Lipinski definition) is 1. The van der Waals surface area contributed by atoms with Gasteiger partial charge in [0.15, 0.2) is 0 Å². The van der Waals surface area contributed by atoms with Crippen molar-refractivity contribution < 1.29 is 18.9 Å². The Labute approximate surface area is 178 Å². The monoisotopic (exact) mass is 407 g/mol. The number of anilines is 1. The van der Waals surface area contributed by atoms with Gasteiger partial charge in [0.25, 0.3) is 0 Å². The molecule has 0 atom stereocenters. The molecule has 158 valence electrons. The highest BCUT2D eigenvalue weighted by molar-refractivity contribution is 5.48. The average Bonchev–Trinajstić information content (AvgIpc) is 2.80. The van der Waals surface area contributed by atoms with Crippen LogP contribution in [0, 0.1) is 0 Å². The van der Waals surface area contributed by atoms with Gasteiger partial charge in [0.05, 0.1) is 6.61 Å². The smallest absolute Gasteiger partial charge is 0.122 e. The summed E-state index contributed by atoms with van der Waals surface area (Å²) in [7, 11) is 0. The molecule has 1 N–H and O–H groups in total. The van der Waals surface area contributed by atoms with Crippen molar-refractivity contribution in [2.45, 2.75) is 13.5 Å². The van der Waals surface area contributed by atoms with Crippen LogP contribution < -0.4 is 19.5 Å². The van der Waals surface area contributed by atoms with Gasteiger partial charge in [-0.15, -0.1) is 0 Å². The van der Waals surface area contributed by atoms with E-state index in [0.717, 1.165) is 28.5 Å². The van der Waals surface area contributed by atoms with Crippen LogP contribution >= 0.6 is 0 Å². The molecule has 0 spiro atoms. The van der Waals surface area contributed by atoms with Gasteiger partial charge >= 0.3 is 0 Å². The van der Waals surface area contributed by atoms with Crippen molar-refractivity contribution in [3.63, 3.8) is 0 Å². The Bertz CT molecular complexity index is 870. The molecule has 0 fully saturated rings. The molecular weight excluding hydrogens is 378 g/mol. The third-order valence-electron chi connectivity index (χ3n) is 4.29. The van der Waals surface area contributed by atoms with Gasteiger partial charge in [-0.3, -0.25) is 0 Å². The van der Waals surface area contributed by atoms with Crippen LogP contribution in [0.4, 0.5) is 5.69 Å². The summed E-state index contributed by atoms with van der Waals surface area (Å²) in [5, 5.41) is 3.43. The lowest BCUT2D eigenvalue weighted by atomic mass is 10.2. The predicted molar refractivity (Wildman–Crippen MR) is 120 cm³/mol. The maximum atomic E-state index is 5.82. The number of benzene rings is 3. The highest BCUT2D eigenvalue weighted by Crippen LogP contribution is 2.19. The molecule has 3 aromatic carbocycles. The Morgan fingerprint density at radius 2 is 1.27 bits per heavy atom. The lowest BCUT2D eigenvalue weighted by Crippen LogP contribution is -2.09. The van der Waals surface area contributed by atoms with Gasteiger partial charge in [-0.2, -0.15) is 0 Å². The SMILES string of the molecule is CCOCCOc1cccc(NCc2cccc(OCCOc3ccccc3)c2)c1. The standard InChI is InChI=1S/C25H29NO4/c1-2-27-14-15-29-25-13-7-9-22(19-25)26-20-21-8-6-12-24(18-21)30-17-16-28-23-10-4-3-5-11-23/h3-13,18-19,26H,2,14-17,20H2,1H3. The predicted octanol–water partition coefficient (Wildman–Crippen LogP) is 5.17. The summed E-state index contributed by atoms with van der Waals surface area (Å²) >= 11 is 0. The zero-order chi connectivity index (χ0) is 20.9. The van der Waals surface area contributed by atoms with Crippen LogP contribution in [0.15, 0.2) is 78.9 Å². The molecule has 0 aromatic heterocycles. The molecule has 3 aromatic rings. The highest BCUT2D eigenvalue weighted by Gasteiger charge is 2.01. The molecule has 0 bridgehead atoms. The van der Waals surface area contributed by atoms with Crippen molar-refractivity contribution in [3.8, 4) is 17.2 Å². The van der Waals surface area contributed by atoms with Crippen LogP contribution in [0.5, 0.6) is 17.2 Å². The maximum absolute atomic E-state index is 5.82. The molecule has 0 aliphatic rings. The largest absolute Gasteiger partial charge is 0.491 e. The van der Waals surface area contributed by atoms with E-state index in [4.69, 9.17) is 18.9 Å². The molecule has 0 radical (unpaired) electrons. The van der Waals surface area contributed by atoms with E-state index in [2.05, 4.69) is 11.4 Å². The minimum absolute atomic E-state index is 0.493. The maximum Gasteiger partial charge on any atom is 0.122 e. The Hall–Kier alpha value is -3.18. The van der Waals surface area contributed by atoms with Crippen LogP contribution in [0.3, 0.4) is 0 Å². The van der Waals surface area contributed by atoms with Crippen molar-refractivity contribution in [1.29, 1.82) is 0 Å². The molecule has 0 heterocycles. The van der Waals surface area contributed by atoms with Crippen molar-refractivity contribution in [2.24, 2.45) is 0 Å². The van der Waals surface area contributed by atoms with E-state index >= 15 is 0 Å². The van der Waals surface area contributed by atoms with Gasteiger partial charge < -0.3 is 24.3 Å². The molecular formula is C25H29NO4. The summed E-state index contributed by atoms with van der Waals surface area (Å²) in [5.41, 5.74) is 2.14. The van der Waals surface area contributed by atoms with Crippen LogP contribution in [0.2, 0.25) is 0 Å². The summed E-state index contributed by atoms with van der Waals surface area (Å²) in [6.07, 6.45) is 0. The van der Waals surface area contributed by atoms with Crippen LogP contribution in [-0.4, -0.2) is 33.0 Å². The van der Waals surface area contributed by atoms with Gasteiger partial charge in [0.1, 0.15) is 37.1 Å². The van der Waals surface area contributed by atoms with Gasteiger partial charge in [-0.1, -0.05) is 36.4 Å². The molecule has 3 rings (SSSR count). The second-order valence-corrected chi connectivity index (χ2v) is 6.58. The van der Waals surface area contributed by atoms with E-state index in [1.807, 2.05) is 79.7 Å². The highest BCUT2D eigenvalue weighted by atomic mass is 16.5. The van der Waals surface area contributed by atoms with Gasteiger partial charge in [-0.05, 0) is 48.9 Å². The van der Waals surface area contributed by atoms with Crippen molar-refractivity contribution >= 4 is 5.69 Å². The number of hydrogen-bond acceptors (Lipinski definition) is 5. The number of ether oxygens (including phenoxy) is 4. The molecule has 0 saturated carbocycles. The van der Waals surface area contributed by atoms with Crippen molar-refractivity contribution in [2.75, 3.05) is 38.4 Å². The minimum atomic E-state index is 0.493. The summed E-state index contributed by atoms with van der Waals surface area (Å²) in [4.78, 5) is 0. The van der Waals surface area contributed by atoms with E-state index in [0.29, 0.717) is 39.6 Å². The first-order valence-electron chi connectivity index (χ1n) is 10.3. The molecule has 30 heavy (non-hydrogen) atoms. The minimum Gasteiger partial charge on any atom is -0.491 e. The summed E-state index contributed by atoms with van der Waals surface area (Å²) in [6, 6.07) is 25.8. The molecule has 0 amide bonds. The third kappa shape index (κ3) is 7.68. The molecule has 0 aliphatic heterocycles. The average molecular weight is 408 g/mol. The van der Waals surface area contributed by atoms with E-state index in [-0.39, 0.29) is 0 Å².